The fourth-order valence-corrected chi connectivity index (χ4v) is 11.8. The average molecular weight is 944 g/mol. The fraction of sp³-hybridized carbons (Fsp3) is 0.268. The Morgan fingerprint density at radius 2 is 1.69 bits per heavy atom. The number of hydrogen-bond donors (Lipinski definition) is 3. The highest BCUT2D eigenvalue weighted by Crippen LogP contribution is 2.34. The molecule has 3 heterocycles. The lowest BCUT2D eigenvalue weighted by Crippen LogP contribution is -2.33. The van der Waals surface area contributed by atoms with E-state index in [1.807, 2.05) is 95.3 Å². The Morgan fingerprint density at radius 3 is 2.44 bits per heavy atom. The number of carbonyl (C=O) groups excluding carboxylic acids is 2. The number of thiazole rings is 2. The maximum Gasteiger partial charge on any atom is 0.403 e. The van der Waals surface area contributed by atoms with E-state index in [1.54, 1.807) is 6.07 Å². The van der Waals surface area contributed by atoms with E-state index >= 15 is 0 Å². The van der Waals surface area contributed by atoms with Crippen LogP contribution < -0.4 is 20.3 Å². The Morgan fingerprint density at radius 1 is 0.935 bits per heavy atom. The highest BCUT2D eigenvalue weighted by Gasteiger charge is 2.38. The summed E-state index contributed by atoms with van der Waals surface area (Å²) in [5.41, 5.74) is 2.47. The number of halogens is 3. The molecule has 1 aliphatic heterocycles. The van der Waals surface area contributed by atoms with Gasteiger partial charge < -0.3 is 15.1 Å². The number of fused-ring (bicyclic) bond motifs is 2. The van der Waals surface area contributed by atoms with E-state index in [4.69, 9.17) is 0 Å². The van der Waals surface area contributed by atoms with Gasteiger partial charge in [-0.25, -0.2) is 31.5 Å². The van der Waals surface area contributed by atoms with Crippen LogP contribution in [0.3, 0.4) is 0 Å². The first kappa shape index (κ1) is 45.0. The molecule has 2 aromatic heterocycles. The molecule has 0 unspecified atom stereocenters. The predicted octanol–water partition coefficient (Wildman–Crippen LogP) is 7.55. The SMILES string of the molecule is CN(C)CC[C@H](CSc1ccccc1)Nc1ccc(S(=O)(=O)NC(=O)c2csc(N3CCc4cccc(C(=O)Nc5nc6ccccc6s5)c4C3)n2)cc1S(=O)(=O)CC(F)(F)F. The van der Waals surface area contributed by atoms with Crippen molar-refractivity contribution in [3.8, 4) is 0 Å². The monoisotopic (exact) mass is 943 g/mol. The Labute approximate surface area is 368 Å². The molecule has 0 saturated carbocycles. The topological polar surface area (TPSA) is 171 Å². The Kier molecular flexibility index (Phi) is 13.6. The van der Waals surface area contributed by atoms with Crippen LogP contribution >= 0.6 is 34.4 Å². The minimum absolute atomic E-state index is 0.207. The van der Waals surface area contributed by atoms with Gasteiger partial charge >= 0.3 is 6.18 Å². The first-order valence-electron chi connectivity index (χ1n) is 19.0. The predicted molar refractivity (Wildman–Crippen MR) is 238 cm³/mol. The van der Waals surface area contributed by atoms with Crippen molar-refractivity contribution in [2.75, 3.05) is 54.2 Å². The average Bonchev–Trinajstić information content (AvgIpc) is 3.89. The van der Waals surface area contributed by atoms with Gasteiger partial charge in [-0.3, -0.25) is 14.9 Å². The molecule has 0 radical (unpaired) electrons. The summed E-state index contributed by atoms with van der Waals surface area (Å²) in [5.74, 6) is -3.29. The van der Waals surface area contributed by atoms with Gasteiger partial charge in [-0.1, -0.05) is 53.8 Å². The van der Waals surface area contributed by atoms with Gasteiger partial charge in [-0.15, -0.1) is 23.1 Å². The lowest BCUT2D eigenvalue weighted by atomic mass is 9.94. The summed E-state index contributed by atoms with van der Waals surface area (Å²) in [6, 6.07) is 24.7. The quantitative estimate of drug-likeness (QED) is 0.0816. The van der Waals surface area contributed by atoms with Gasteiger partial charge in [0.15, 0.2) is 25.9 Å². The highest BCUT2D eigenvalue weighted by atomic mass is 32.2. The number of sulfone groups is 1. The molecule has 0 fully saturated rings. The summed E-state index contributed by atoms with van der Waals surface area (Å²) in [6.07, 6.45) is -4.10. The summed E-state index contributed by atoms with van der Waals surface area (Å²) in [6.45, 7) is 1.31. The second kappa shape index (κ2) is 18.7. The third-order valence-corrected chi connectivity index (χ3v) is 15.8. The van der Waals surface area contributed by atoms with Gasteiger partial charge in [0, 0.05) is 40.7 Å². The van der Waals surface area contributed by atoms with E-state index in [1.165, 1.54) is 28.5 Å². The van der Waals surface area contributed by atoms with Crippen LogP contribution in [0.2, 0.25) is 0 Å². The maximum absolute atomic E-state index is 13.6. The number of aromatic nitrogens is 2. The smallest absolute Gasteiger partial charge is 0.380 e. The summed E-state index contributed by atoms with van der Waals surface area (Å²) in [7, 11) is -6.29. The Balaban J connectivity index is 1.08. The molecule has 6 aromatic rings. The van der Waals surface area contributed by atoms with E-state index in [9.17, 15) is 39.6 Å². The Hall–Kier alpha value is -5.06. The molecule has 1 aliphatic rings. The van der Waals surface area contributed by atoms with Crippen LogP contribution in [-0.4, -0.2) is 94.4 Å². The third-order valence-electron chi connectivity index (χ3n) is 9.69. The van der Waals surface area contributed by atoms with Crippen molar-refractivity contribution in [2.24, 2.45) is 0 Å². The standard InChI is InChI=1S/C41H40F3N7O6S5/c1-50(2)19-18-27(23-58-28-10-4-3-5-11-28)45-33-16-15-29(21-36(33)61(54,55)25-41(42,43)44)62(56,57)49-38(53)34-24-59-40(47-34)51-20-17-26-9-8-12-30(31(26)22-51)37(52)48-39-46-32-13-6-7-14-35(32)60-39/h3-16,21,24,27,45H,17-20,22-23,25H2,1-2H3,(H,49,53)(H,46,48,52)/t27-/m1/s1. The molecule has 7 rings (SSSR count). The number of hydrogen-bond acceptors (Lipinski definition) is 14. The molecule has 2 amide bonds. The number of benzene rings is 4. The highest BCUT2D eigenvalue weighted by molar-refractivity contribution is 7.99. The van der Waals surface area contributed by atoms with E-state index in [0.29, 0.717) is 53.6 Å². The number of sulfonamides is 1. The zero-order chi connectivity index (χ0) is 44.2. The van der Waals surface area contributed by atoms with Gasteiger partial charge in [0.05, 0.1) is 25.7 Å². The summed E-state index contributed by atoms with van der Waals surface area (Å²) < 4.78 is 97.6. The van der Waals surface area contributed by atoms with Crippen molar-refractivity contribution in [1.82, 2.24) is 19.6 Å². The lowest BCUT2D eigenvalue weighted by molar-refractivity contribution is -0.106. The number of nitrogens with one attached hydrogen (secondary N) is 3. The van der Waals surface area contributed by atoms with Crippen molar-refractivity contribution in [1.29, 1.82) is 0 Å². The number of alkyl halides is 3. The summed E-state index contributed by atoms with van der Waals surface area (Å²) >= 11 is 3.90. The normalized spacial score (nSPS) is 13.8. The number of thioether (sulfide) groups is 1. The summed E-state index contributed by atoms with van der Waals surface area (Å²) in [4.78, 5) is 38.9. The molecular formula is C41H40F3N7O6S5. The number of carbonyl (C=O) groups is 2. The fourth-order valence-electron chi connectivity index (χ4n) is 6.68. The van der Waals surface area contributed by atoms with Crippen LogP contribution in [0, 0.1) is 0 Å². The van der Waals surface area contributed by atoms with Crippen LogP contribution in [0.5, 0.6) is 0 Å². The van der Waals surface area contributed by atoms with Crippen molar-refractivity contribution in [3.05, 3.63) is 119 Å². The second-order valence-electron chi connectivity index (χ2n) is 14.6. The number of para-hydroxylation sites is 1. The molecule has 0 saturated heterocycles. The van der Waals surface area contributed by atoms with Crippen LogP contribution in [0.15, 0.2) is 111 Å². The van der Waals surface area contributed by atoms with Crippen LogP contribution in [0.25, 0.3) is 10.2 Å². The molecule has 0 aliphatic carbocycles. The van der Waals surface area contributed by atoms with Crippen LogP contribution in [0.4, 0.5) is 29.1 Å². The maximum atomic E-state index is 13.6. The minimum Gasteiger partial charge on any atom is -0.380 e. The zero-order valence-electron chi connectivity index (χ0n) is 33.2. The number of rotatable bonds is 16. The van der Waals surface area contributed by atoms with E-state index in [0.717, 1.165) is 49.7 Å². The lowest BCUT2D eigenvalue weighted by Gasteiger charge is -2.29. The van der Waals surface area contributed by atoms with E-state index in [-0.39, 0.29) is 23.8 Å². The van der Waals surface area contributed by atoms with Crippen molar-refractivity contribution < 1.29 is 39.6 Å². The molecule has 0 spiro atoms. The largest absolute Gasteiger partial charge is 0.403 e. The number of anilines is 3. The molecule has 326 valence electrons. The molecule has 3 N–H and O–H groups in total. The van der Waals surface area contributed by atoms with Crippen molar-refractivity contribution in [3.63, 3.8) is 0 Å². The van der Waals surface area contributed by atoms with Gasteiger partial charge in [-0.05, 0) is 93.1 Å². The van der Waals surface area contributed by atoms with E-state index < -0.39 is 53.5 Å². The summed E-state index contributed by atoms with van der Waals surface area (Å²) in [5, 5.41) is 8.15. The van der Waals surface area contributed by atoms with E-state index in [2.05, 4.69) is 20.6 Å². The van der Waals surface area contributed by atoms with Gasteiger partial charge in [0.1, 0.15) is 5.69 Å². The van der Waals surface area contributed by atoms with Gasteiger partial charge in [-0.2, -0.15) is 13.2 Å². The molecule has 4 aromatic carbocycles. The van der Waals surface area contributed by atoms with Gasteiger partial charge in [0.25, 0.3) is 21.8 Å². The first-order chi connectivity index (χ1) is 29.4. The van der Waals surface area contributed by atoms with Crippen molar-refractivity contribution in [2.45, 2.75) is 46.3 Å². The Bertz CT molecular complexity index is 2790. The van der Waals surface area contributed by atoms with Crippen LogP contribution in [-0.2, 0) is 32.8 Å². The zero-order valence-corrected chi connectivity index (χ0v) is 37.3. The first-order valence-corrected chi connectivity index (χ1v) is 24.8. The molecule has 13 nitrogen and oxygen atoms in total. The molecule has 21 heteroatoms. The molecule has 62 heavy (non-hydrogen) atoms. The third kappa shape index (κ3) is 11.1. The van der Waals surface area contributed by atoms with Crippen molar-refractivity contribution >= 4 is 92.3 Å². The second-order valence-corrected chi connectivity index (χ2v) is 21.2. The van der Waals surface area contributed by atoms with Gasteiger partial charge in [0.2, 0.25) is 0 Å². The number of nitrogens with zero attached hydrogens (tertiary/aromatic N) is 4. The molecule has 1 atom stereocenters. The minimum atomic E-state index is -5.14. The molecular weight excluding hydrogens is 904 g/mol. The number of amides is 2. The van der Waals surface area contributed by atoms with Crippen LogP contribution in [0.1, 0.15) is 38.4 Å². The molecule has 0 bridgehead atoms.